The number of nitrogens with one attached hydrogen (secondary N) is 1. The smallest absolute Gasteiger partial charge is 0.353 e. The van der Waals surface area contributed by atoms with Crippen LogP contribution >= 0.6 is 35.5 Å². The number of anilines is 1. The molecular formula is C17H17N11O7S3. The van der Waals surface area contributed by atoms with Gasteiger partial charge in [-0.1, -0.05) is 17.4 Å². The van der Waals surface area contributed by atoms with E-state index in [0.29, 0.717) is 0 Å². The maximum Gasteiger partial charge on any atom is 0.353 e. The van der Waals surface area contributed by atoms with E-state index in [9.17, 15) is 24.3 Å². The topological polar surface area (TPSA) is 267 Å². The van der Waals surface area contributed by atoms with Crippen LogP contribution in [0, 0.1) is 0 Å². The zero-order valence-electron chi connectivity index (χ0n) is 18.9. The molecule has 1 unspecified atom stereocenters. The first-order chi connectivity index (χ1) is 18.1. The summed E-state index contributed by atoms with van der Waals surface area (Å²) in [7, 11) is 0. The molecule has 0 saturated carbocycles. The summed E-state index contributed by atoms with van der Waals surface area (Å²) in [6.07, 6.45) is 0. The highest BCUT2D eigenvalue weighted by molar-refractivity contribution is 8.00. The van der Waals surface area contributed by atoms with Gasteiger partial charge in [-0.3, -0.25) is 19.3 Å². The van der Waals surface area contributed by atoms with E-state index in [1.807, 2.05) is 0 Å². The van der Waals surface area contributed by atoms with Crippen LogP contribution in [-0.4, -0.2) is 109 Å². The molecule has 0 bridgehead atoms. The summed E-state index contributed by atoms with van der Waals surface area (Å²) in [6.45, 7) is -0.565. The number of β-lactam (4-membered cyclic amide) rings is 1. The molecule has 7 N–H and O–H groups in total. The molecule has 0 spiro atoms. The number of nitrogen functional groups attached to an aromatic ring is 1. The lowest BCUT2D eigenvalue weighted by Gasteiger charge is -2.55. The molecule has 2 aromatic heterocycles. The van der Waals surface area contributed by atoms with Crippen molar-refractivity contribution in [2.45, 2.75) is 17.5 Å². The number of tetrazole rings is 1. The van der Waals surface area contributed by atoms with Crippen molar-refractivity contribution >= 4 is 81.0 Å². The summed E-state index contributed by atoms with van der Waals surface area (Å²) < 4.78 is 4.84. The summed E-state index contributed by atoms with van der Waals surface area (Å²) >= 11 is 6.95. The van der Waals surface area contributed by atoms with Crippen LogP contribution in [0.1, 0.15) is 11.6 Å². The number of carboxylic acid groups (broad SMARTS) is 2. The normalized spacial score (nSPS) is 21.0. The van der Waals surface area contributed by atoms with Gasteiger partial charge in [0.2, 0.25) is 11.5 Å². The van der Waals surface area contributed by atoms with Gasteiger partial charge in [0.25, 0.3) is 11.8 Å². The van der Waals surface area contributed by atoms with E-state index in [0.717, 1.165) is 38.2 Å². The van der Waals surface area contributed by atoms with Crippen LogP contribution in [0.5, 0.6) is 0 Å². The van der Waals surface area contributed by atoms with Crippen molar-refractivity contribution < 1.29 is 34.2 Å². The SMILES string of the molecule is NCCON=C(C(=O)NC1(C=S)C(=O)N2C(C(=O)O)=C(c3nnnn3CC(=O)O)CS[C@H]21)c1nsc(N)n1. The van der Waals surface area contributed by atoms with Gasteiger partial charge >= 0.3 is 11.9 Å². The van der Waals surface area contributed by atoms with Crippen LogP contribution in [0.2, 0.25) is 0 Å². The number of amides is 2. The number of nitrogens with zero attached hydrogens (tertiary/aromatic N) is 8. The summed E-state index contributed by atoms with van der Waals surface area (Å²) in [5, 5.41) is 36.1. The average Bonchev–Trinajstić information content (AvgIpc) is 3.52. The van der Waals surface area contributed by atoms with E-state index >= 15 is 0 Å². The minimum absolute atomic E-state index is 0.0160. The molecule has 2 aliphatic rings. The predicted octanol–water partition coefficient (Wildman–Crippen LogP) is -2.86. The molecule has 1 saturated heterocycles. The molecule has 4 heterocycles. The van der Waals surface area contributed by atoms with Crippen molar-refractivity contribution in [1.82, 2.24) is 39.8 Å². The van der Waals surface area contributed by atoms with Gasteiger partial charge in [0.1, 0.15) is 24.2 Å². The maximum absolute atomic E-state index is 13.4. The van der Waals surface area contributed by atoms with E-state index in [1.165, 1.54) is 0 Å². The Labute approximate surface area is 225 Å². The fraction of sp³-hybridized carbons (Fsp3) is 0.353. The molecule has 38 heavy (non-hydrogen) atoms. The van der Waals surface area contributed by atoms with Crippen molar-refractivity contribution in [1.29, 1.82) is 0 Å². The van der Waals surface area contributed by atoms with Crippen molar-refractivity contribution in [3.8, 4) is 0 Å². The molecule has 2 amide bonds. The van der Waals surface area contributed by atoms with Crippen LogP contribution in [0.15, 0.2) is 10.9 Å². The highest BCUT2D eigenvalue weighted by Gasteiger charge is 2.65. The molecule has 2 aliphatic heterocycles. The third-order valence-corrected chi connectivity index (χ3v) is 7.41. The monoisotopic (exact) mass is 583 g/mol. The Kier molecular flexibility index (Phi) is 7.61. The largest absolute Gasteiger partial charge is 0.480 e. The number of thioether (sulfide) groups is 1. The van der Waals surface area contributed by atoms with Crippen molar-refractivity contribution in [3.05, 3.63) is 17.3 Å². The molecular weight excluding hydrogens is 566 g/mol. The number of aliphatic carboxylic acids is 2. The predicted molar refractivity (Wildman–Crippen MR) is 133 cm³/mol. The van der Waals surface area contributed by atoms with Crippen molar-refractivity contribution in [2.75, 3.05) is 24.6 Å². The van der Waals surface area contributed by atoms with Gasteiger partial charge in [-0.05, 0) is 10.4 Å². The van der Waals surface area contributed by atoms with E-state index in [1.54, 1.807) is 0 Å². The van der Waals surface area contributed by atoms with Gasteiger partial charge in [-0.25, -0.2) is 9.48 Å². The maximum atomic E-state index is 13.4. The minimum atomic E-state index is -1.81. The minimum Gasteiger partial charge on any atom is -0.480 e. The first kappa shape index (κ1) is 27.0. The number of rotatable bonds is 11. The molecule has 0 aliphatic carbocycles. The summed E-state index contributed by atoms with van der Waals surface area (Å²) in [5.74, 6) is -4.91. The fourth-order valence-electron chi connectivity index (χ4n) is 3.59. The molecule has 18 nitrogen and oxygen atoms in total. The van der Waals surface area contributed by atoms with Crippen LogP contribution in [0.25, 0.3) is 5.57 Å². The van der Waals surface area contributed by atoms with Crippen LogP contribution in [0.4, 0.5) is 5.13 Å². The molecule has 4 rings (SSSR count). The summed E-state index contributed by atoms with van der Waals surface area (Å²) in [6, 6.07) is 0. The second-order valence-electron chi connectivity index (χ2n) is 7.48. The Balaban J connectivity index is 1.67. The van der Waals surface area contributed by atoms with Crippen LogP contribution in [0.3, 0.4) is 0 Å². The number of nitrogens with two attached hydrogens (primary N) is 2. The Morgan fingerprint density at radius 2 is 2.13 bits per heavy atom. The molecule has 200 valence electrons. The lowest BCUT2D eigenvalue weighted by molar-refractivity contribution is -0.153. The van der Waals surface area contributed by atoms with Gasteiger partial charge in [0, 0.05) is 34.8 Å². The first-order valence-electron chi connectivity index (χ1n) is 10.3. The molecule has 0 radical (unpaired) electrons. The number of carbonyl (C=O) groups excluding carboxylic acids is 2. The van der Waals surface area contributed by atoms with Gasteiger partial charge in [0.05, 0.1) is 0 Å². The second-order valence-corrected chi connectivity index (χ2v) is 9.57. The molecule has 0 aromatic carbocycles. The van der Waals surface area contributed by atoms with Gasteiger partial charge in [-0.2, -0.15) is 9.36 Å². The standard InChI is InChI=1S/C17H17N11O7S3/c18-1-2-35-23-8(10-20-16(19)38-24-10)12(31)21-17(5-36)14(34)28-9(13(32)33)6(4-37-15(17)28)11-22-25-26-27(11)3-7(29)30/h5,15H,1-4,18H2,(H,21,31)(H,29,30)(H,32,33)(H2,19,20,24)/t15-,17?/m0/s1. The molecule has 2 aromatic rings. The van der Waals surface area contributed by atoms with Gasteiger partial charge in [-0.15, -0.1) is 16.9 Å². The lowest BCUT2D eigenvalue weighted by Crippen LogP contribution is -2.80. The highest BCUT2D eigenvalue weighted by atomic mass is 32.2. The van der Waals surface area contributed by atoms with Crippen LogP contribution < -0.4 is 16.8 Å². The Morgan fingerprint density at radius 3 is 2.74 bits per heavy atom. The number of carbonyl (C=O) groups is 4. The van der Waals surface area contributed by atoms with E-state index in [-0.39, 0.29) is 41.3 Å². The van der Waals surface area contributed by atoms with Gasteiger partial charge < -0.3 is 31.8 Å². The van der Waals surface area contributed by atoms with E-state index in [4.69, 9.17) is 33.6 Å². The number of oxime groups is 1. The molecule has 21 heteroatoms. The number of hydrogen-bond acceptors (Lipinski definition) is 16. The first-order valence-corrected chi connectivity index (χ1v) is 12.6. The lowest BCUT2D eigenvalue weighted by atomic mass is 9.87. The van der Waals surface area contributed by atoms with Crippen LogP contribution in [-0.2, 0) is 30.6 Å². The zero-order valence-corrected chi connectivity index (χ0v) is 21.3. The molecule has 1 fully saturated rings. The number of carboxylic acids is 2. The number of hydrogen-bond donors (Lipinski definition) is 5. The third kappa shape index (κ3) is 4.66. The fourth-order valence-corrected chi connectivity index (χ4v) is 5.83. The molecule has 2 atom stereocenters. The Morgan fingerprint density at radius 1 is 1.37 bits per heavy atom. The average molecular weight is 584 g/mol. The quantitative estimate of drug-likeness (QED) is 0.0585. The Hall–Kier alpha value is -4.08. The zero-order chi connectivity index (χ0) is 27.6. The second kappa shape index (κ2) is 10.7. The van der Waals surface area contributed by atoms with Gasteiger partial charge in [0.15, 0.2) is 16.5 Å². The third-order valence-electron chi connectivity index (χ3n) is 5.14. The highest BCUT2D eigenvalue weighted by Crippen LogP contribution is 2.47. The number of thiocarbonyl (C=S) groups is 1. The van der Waals surface area contributed by atoms with Crippen molar-refractivity contribution in [3.63, 3.8) is 0 Å². The van der Waals surface area contributed by atoms with E-state index < -0.39 is 52.6 Å². The summed E-state index contributed by atoms with van der Waals surface area (Å²) in [5.41, 5.74) is 8.31. The van der Waals surface area contributed by atoms with E-state index in [2.05, 4.69) is 35.4 Å². The summed E-state index contributed by atoms with van der Waals surface area (Å²) in [4.78, 5) is 59.9. The van der Waals surface area contributed by atoms with Crippen molar-refractivity contribution in [2.24, 2.45) is 10.9 Å². The number of aromatic nitrogens is 6. The number of fused-ring (bicyclic) bond motifs is 1. The Bertz CT molecular complexity index is 1390.